The smallest absolute Gasteiger partial charge is 0.309 e. The Morgan fingerprint density at radius 2 is 1.67 bits per heavy atom. The van der Waals surface area contributed by atoms with E-state index in [1.54, 1.807) is 18.2 Å². The van der Waals surface area contributed by atoms with Crippen molar-refractivity contribution in [1.82, 2.24) is 9.62 Å². The lowest BCUT2D eigenvalue weighted by molar-refractivity contribution is -0.143. The summed E-state index contributed by atoms with van der Waals surface area (Å²) in [5.74, 6) is -2.84. The fourth-order valence-electron chi connectivity index (χ4n) is 4.00. The van der Waals surface area contributed by atoms with Gasteiger partial charge in [0.25, 0.3) is 0 Å². The summed E-state index contributed by atoms with van der Waals surface area (Å²) in [5, 5.41) is 14.3. The first-order chi connectivity index (χ1) is 17.1. The van der Waals surface area contributed by atoms with Gasteiger partial charge in [0.15, 0.2) is 0 Å². The molecule has 6 nitrogen and oxygen atoms in total. The van der Waals surface area contributed by atoms with Crippen LogP contribution in [0.3, 0.4) is 0 Å². The van der Waals surface area contributed by atoms with Crippen molar-refractivity contribution < 1.29 is 22.7 Å². The van der Waals surface area contributed by atoms with Crippen LogP contribution >= 0.6 is 23.2 Å². The van der Waals surface area contributed by atoms with Crippen molar-refractivity contribution in [1.29, 1.82) is 0 Å². The maximum absolute atomic E-state index is 13.5. The third-order valence-electron chi connectivity index (χ3n) is 6.02. The van der Waals surface area contributed by atoms with Gasteiger partial charge in [0.1, 0.15) is 5.82 Å². The summed E-state index contributed by atoms with van der Waals surface area (Å²) in [4.78, 5) is 12.5. The predicted octanol–water partition coefficient (Wildman–Crippen LogP) is 6.54. The second-order valence-electron chi connectivity index (χ2n) is 8.77. The van der Waals surface area contributed by atoms with Crippen molar-refractivity contribution >= 4 is 39.2 Å². The number of unbranched alkanes of at least 4 members (excludes halogenated alkanes) is 4. The third kappa shape index (κ3) is 8.70. The summed E-state index contributed by atoms with van der Waals surface area (Å²) in [6, 6.07) is 8.67. The topological polar surface area (TPSA) is 86.7 Å². The van der Waals surface area contributed by atoms with Crippen LogP contribution in [0.5, 0.6) is 0 Å². The Morgan fingerprint density at radius 3 is 2.25 bits per heavy atom. The average molecular weight is 562 g/mol. The number of sulfonamides is 1. The summed E-state index contributed by atoms with van der Waals surface area (Å²) in [6.45, 7) is 4.49. The van der Waals surface area contributed by atoms with Crippen molar-refractivity contribution in [3.8, 4) is 0 Å². The summed E-state index contributed by atoms with van der Waals surface area (Å²) in [6.07, 6.45) is 5.02. The molecule has 0 saturated carbocycles. The highest BCUT2D eigenvalue weighted by atomic mass is 35.5. The molecule has 0 amide bonds. The zero-order valence-electron chi connectivity index (χ0n) is 20.7. The molecule has 2 aromatic rings. The predicted molar refractivity (Wildman–Crippen MR) is 143 cm³/mol. The van der Waals surface area contributed by atoms with E-state index in [9.17, 15) is 22.7 Å². The molecule has 36 heavy (non-hydrogen) atoms. The van der Waals surface area contributed by atoms with Crippen molar-refractivity contribution in [2.24, 2.45) is 5.92 Å². The summed E-state index contributed by atoms with van der Waals surface area (Å²) in [5.41, 5.74) is 0.539. The van der Waals surface area contributed by atoms with Gasteiger partial charge >= 0.3 is 5.97 Å². The second kappa shape index (κ2) is 14.9. The Balaban J connectivity index is 2.47. The molecule has 0 fully saturated rings. The number of hydrogen-bond acceptors (Lipinski definition) is 4. The normalized spacial score (nSPS) is 13.6. The molecule has 0 bridgehead atoms. The van der Waals surface area contributed by atoms with Gasteiger partial charge < -0.3 is 10.4 Å². The summed E-state index contributed by atoms with van der Waals surface area (Å²) in [7, 11) is -4.07. The van der Waals surface area contributed by atoms with E-state index in [1.165, 1.54) is 16.4 Å². The molecule has 2 rings (SSSR count). The molecule has 2 aromatic carbocycles. The van der Waals surface area contributed by atoms with E-state index in [0.717, 1.165) is 44.2 Å². The number of carbonyl (C=O) groups is 1. The van der Waals surface area contributed by atoms with Gasteiger partial charge in [0, 0.05) is 29.2 Å². The van der Waals surface area contributed by atoms with Gasteiger partial charge in [-0.15, -0.1) is 0 Å². The first kappa shape index (κ1) is 30.5. The van der Waals surface area contributed by atoms with Crippen molar-refractivity contribution in [3.05, 3.63) is 63.9 Å². The van der Waals surface area contributed by atoms with Crippen LogP contribution in [0.25, 0.3) is 0 Å². The van der Waals surface area contributed by atoms with Crippen LogP contribution in [0, 0.1) is 11.7 Å². The van der Waals surface area contributed by atoms with Crippen molar-refractivity contribution in [2.75, 3.05) is 19.6 Å². The second-order valence-corrected chi connectivity index (χ2v) is 11.6. The highest BCUT2D eigenvalue weighted by Crippen LogP contribution is 2.33. The van der Waals surface area contributed by atoms with E-state index in [4.69, 9.17) is 23.2 Å². The fraction of sp³-hybridized carbons (Fsp3) is 0.500. The lowest BCUT2D eigenvalue weighted by Crippen LogP contribution is -2.44. The third-order valence-corrected chi connectivity index (χ3v) is 8.47. The minimum Gasteiger partial charge on any atom is -0.481 e. The van der Waals surface area contributed by atoms with E-state index in [1.807, 2.05) is 6.92 Å². The molecule has 0 spiro atoms. The van der Waals surface area contributed by atoms with Gasteiger partial charge in [-0.1, -0.05) is 68.8 Å². The van der Waals surface area contributed by atoms with E-state index < -0.39 is 33.8 Å². The number of carboxylic acid groups (broad SMARTS) is 1. The number of nitrogens with one attached hydrogen (secondary N) is 1. The van der Waals surface area contributed by atoms with Crippen LogP contribution in [-0.4, -0.2) is 43.4 Å². The minimum absolute atomic E-state index is 0.0819. The van der Waals surface area contributed by atoms with Crippen LogP contribution in [0.2, 0.25) is 10.0 Å². The van der Waals surface area contributed by atoms with Gasteiger partial charge in [-0.3, -0.25) is 4.79 Å². The zero-order valence-corrected chi connectivity index (χ0v) is 23.0. The molecule has 200 valence electrons. The number of benzene rings is 2. The Labute approximate surface area is 223 Å². The summed E-state index contributed by atoms with van der Waals surface area (Å²) < 4.78 is 41.7. The number of hydrogen-bond donors (Lipinski definition) is 2. The van der Waals surface area contributed by atoms with E-state index in [0.29, 0.717) is 28.6 Å². The molecular weight excluding hydrogens is 526 g/mol. The summed E-state index contributed by atoms with van der Waals surface area (Å²) >= 11 is 12.5. The molecule has 0 aromatic heterocycles. The minimum atomic E-state index is -4.07. The zero-order chi connectivity index (χ0) is 26.7. The van der Waals surface area contributed by atoms with E-state index in [2.05, 4.69) is 12.2 Å². The molecule has 2 N–H and O–H groups in total. The highest BCUT2D eigenvalue weighted by Gasteiger charge is 2.36. The van der Waals surface area contributed by atoms with Crippen LogP contribution in [-0.2, 0) is 14.8 Å². The number of nitrogens with zero attached hydrogens (tertiary/aromatic N) is 1. The molecule has 0 aliphatic rings. The van der Waals surface area contributed by atoms with Crippen LogP contribution in [0.4, 0.5) is 4.39 Å². The monoisotopic (exact) mass is 560 g/mol. The highest BCUT2D eigenvalue weighted by molar-refractivity contribution is 7.89. The van der Waals surface area contributed by atoms with Crippen molar-refractivity contribution in [3.63, 3.8) is 0 Å². The molecule has 0 radical (unpaired) electrons. The van der Waals surface area contributed by atoms with Crippen LogP contribution in [0.1, 0.15) is 64.0 Å². The Morgan fingerprint density at radius 1 is 1.03 bits per heavy atom. The maximum Gasteiger partial charge on any atom is 0.309 e. The molecule has 0 aliphatic carbocycles. The van der Waals surface area contributed by atoms with Gasteiger partial charge in [-0.05, 0) is 61.3 Å². The standard InChI is InChI=1S/C26H35Cl2FN2O4S/c1-3-5-7-15-30-25(22-14-9-19(27)17-24(22)28)23(26(32)33)18-31(16-8-6-4-2)36(34,35)21-12-10-20(29)11-13-21/h9-14,17,23,25,30H,3-8,15-16,18H2,1-2H3,(H,32,33). The molecule has 0 heterocycles. The van der Waals surface area contributed by atoms with Crippen molar-refractivity contribution in [2.45, 2.75) is 63.3 Å². The van der Waals surface area contributed by atoms with E-state index >= 15 is 0 Å². The van der Waals surface area contributed by atoms with Crippen LogP contribution < -0.4 is 5.32 Å². The van der Waals surface area contributed by atoms with E-state index in [-0.39, 0.29) is 18.0 Å². The first-order valence-electron chi connectivity index (χ1n) is 12.3. The Hall–Kier alpha value is -1.71. The molecule has 10 heteroatoms. The lowest BCUT2D eigenvalue weighted by Gasteiger charge is -2.31. The molecule has 0 saturated heterocycles. The molecule has 0 aliphatic heterocycles. The average Bonchev–Trinajstić information content (AvgIpc) is 2.82. The lowest BCUT2D eigenvalue weighted by atomic mass is 9.92. The number of halogens is 3. The molecular formula is C26H35Cl2FN2O4S. The number of aliphatic carboxylic acids is 1. The Bertz CT molecular complexity index is 1080. The number of rotatable bonds is 16. The SMILES string of the molecule is CCCCCNC(c1ccc(Cl)cc1Cl)C(CN(CCCCC)S(=O)(=O)c1ccc(F)cc1)C(=O)O. The quantitative estimate of drug-likeness (QED) is 0.228. The molecule has 2 atom stereocenters. The molecule has 2 unspecified atom stereocenters. The van der Waals surface area contributed by atoms with Gasteiger partial charge in [0.2, 0.25) is 10.0 Å². The Kier molecular flexibility index (Phi) is 12.6. The largest absolute Gasteiger partial charge is 0.481 e. The van der Waals surface area contributed by atoms with Crippen LogP contribution in [0.15, 0.2) is 47.4 Å². The van der Waals surface area contributed by atoms with Gasteiger partial charge in [-0.2, -0.15) is 4.31 Å². The van der Waals surface area contributed by atoms with Gasteiger partial charge in [-0.25, -0.2) is 12.8 Å². The fourth-order valence-corrected chi connectivity index (χ4v) is 6.03. The first-order valence-corrected chi connectivity index (χ1v) is 14.5. The number of carboxylic acids is 1. The van der Waals surface area contributed by atoms with Gasteiger partial charge in [0.05, 0.1) is 10.8 Å². The maximum atomic E-state index is 13.5.